The van der Waals surface area contributed by atoms with Crippen LogP contribution in [0.15, 0.2) is 144 Å². The first kappa shape index (κ1) is 36.9. The maximum Gasteiger partial charge on any atom is 0.333 e. The number of rotatable bonds is 1. The molecular weight excluding hydrogens is 796 g/mol. The quantitative estimate of drug-likeness (QED) is 0.154. The molecule has 5 heteroatoms. The molecule has 0 bridgehead atoms. The minimum atomic E-state index is -0.160. The van der Waals surface area contributed by atoms with E-state index in [1.165, 1.54) is 114 Å². The first-order valence-corrected chi connectivity index (χ1v) is 23.7. The molecule has 1 aliphatic carbocycles. The van der Waals surface area contributed by atoms with E-state index in [-0.39, 0.29) is 23.1 Å². The van der Waals surface area contributed by atoms with Crippen molar-refractivity contribution in [2.24, 2.45) is 0 Å². The Morgan fingerprint density at radius 2 is 1.28 bits per heavy atom. The Kier molecular flexibility index (Phi) is 6.89. The lowest BCUT2D eigenvalue weighted by Gasteiger charge is -2.43. The maximum absolute atomic E-state index is 6.76. The van der Waals surface area contributed by atoms with Crippen LogP contribution < -0.4 is 15.7 Å². The molecule has 0 spiro atoms. The van der Waals surface area contributed by atoms with Gasteiger partial charge in [-0.3, -0.25) is 0 Å². The SMILES string of the molecule is CC(C)(C)c1ccc(N2B3c4cc5c(cc4-n4c6ccc(C(C)(C)C)cc6c6c7sc8ccccc8c7c(c3c64)-c3cc4c(cc32)-c2ccccc2C4(C)C)oc2ccccc25)cc1. The Hall–Kier alpha value is -6.56. The van der Waals surface area contributed by atoms with E-state index in [4.69, 9.17) is 4.42 Å². The number of furan rings is 1. The van der Waals surface area contributed by atoms with Crippen LogP contribution in [0, 0.1) is 0 Å². The smallest absolute Gasteiger partial charge is 0.333 e. The molecule has 0 saturated carbocycles. The molecule has 64 heavy (non-hydrogen) atoms. The zero-order chi connectivity index (χ0) is 43.3. The lowest BCUT2D eigenvalue weighted by atomic mass is 9.43. The van der Waals surface area contributed by atoms with Crippen molar-refractivity contribution in [3.05, 3.63) is 162 Å². The molecule has 3 nitrogen and oxygen atoms in total. The van der Waals surface area contributed by atoms with Crippen LogP contribution in [-0.4, -0.2) is 11.4 Å². The van der Waals surface area contributed by atoms with E-state index in [1.807, 2.05) is 11.3 Å². The number of anilines is 2. The average Bonchev–Trinajstić information content (AvgIpc) is 4.01. The van der Waals surface area contributed by atoms with Crippen LogP contribution in [0.2, 0.25) is 0 Å². The first-order chi connectivity index (χ1) is 30.8. The van der Waals surface area contributed by atoms with Gasteiger partial charge in [-0.2, -0.15) is 0 Å². The zero-order valence-electron chi connectivity index (χ0n) is 37.6. The molecule has 11 aromatic rings. The number of hydrogen-bond acceptors (Lipinski definition) is 3. The predicted molar refractivity (Wildman–Crippen MR) is 275 cm³/mol. The fourth-order valence-corrected chi connectivity index (χ4v) is 13.3. The summed E-state index contributed by atoms with van der Waals surface area (Å²) in [5.74, 6) is 0. The normalized spacial score (nSPS) is 14.9. The minimum absolute atomic E-state index is 0.0170. The summed E-state index contributed by atoms with van der Waals surface area (Å²) in [7, 11) is 0. The maximum atomic E-state index is 6.76. The fraction of sp³-hybridized carbons (Fsp3) is 0.186. The van der Waals surface area contributed by atoms with E-state index in [2.05, 4.69) is 204 Å². The summed E-state index contributed by atoms with van der Waals surface area (Å²) in [4.78, 5) is 2.72. The lowest BCUT2D eigenvalue weighted by molar-refractivity contribution is 0.590. The van der Waals surface area contributed by atoms with Gasteiger partial charge in [0.1, 0.15) is 11.2 Å². The number of nitrogens with zero attached hydrogens (tertiary/aromatic N) is 2. The standard InChI is InChI=1S/C59H47BN2OS/c1-57(2,3)32-21-24-34(25-22-32)62-46-30-38-35-15-9-12-18-42(35)59(7,8)43(38)28-41(46)51-52-37-17-11-14-20-50(37)64-56(52)53-40-27-33(58(4,5)6)23-26-45(40)61-47-31-49-39(36-16-10-13-19-48(36)63-49)29-44(47)60(62)54(51)55(53)61/h9-31H,1-8H3. The van der Waals surface area contributed by atoms with Crippen molar-refractivity contribution < 1.29 is 4.42 Å². The molecule has 5 heterocycles. The van der Waals surface area contributed by atoms with Crippen molar-refractivity contribution in [3.63, 3.8) is 0 Å². The van der Waals surface area contributed by atoms with Crippen LogP contribution in [0.1, 0.15) is 77.6 Å². The number of hydrogen-bond donors (Lipinski definition) is 0. The van der Waals surface area contributed by atoms with Gasteiger partial charge >= 0.3 is 6.85 Å². The first-order valence-electron chi connectivity index (χ1n) is 22.9. The van der Waals surface area contributed by atoms with E-state index < -0.39 is 0 Å². The van der Waals surface area contributed by atoms with Gasteiger partial charge in [-0.15, -0.1) is 11.3 Å². The highest BCUT2D eigenvalue weighted by Crippen LogP contribution is 2.57. The van der Waals surface area contributed by atoms with Gasteiger partial charge in [0.2, 0.25) is 0 Å². The predicted octanol–water partition coefficient (Wildman–Crippen LogP) is 15.2. The zero-order valence-corrected chi connectivity index (χ0v) is 38.4. The molecule has 308 valence electrons. The van der Waals surface area contributed by atoms with Crippen LogP contribution in [0.25, 0.3) is 91.9 Å². The number of thiophene rings is 1. The van der Waals surface area contributed by atoms with E-state index in [9.17, 15) is 0 Å². The number of para-hydroxylation sites is 1. The molecule has 14 rings (SSSR count). The molecule has 0 fully saturated rings. The topological polar surface area (TPSA) is 21.3 Å². The van der Waals surface area contributed by atoms with Gasteiger partial charge in [0.05, 0.1) is 11.0 Å². The summed E-state index contributed by atoms with van der Waals surface area (Å²) in [5, 5.41) is 7.69. The number of benzene rings is 8. The minimum Gasteiger partial charge on any atom is -0.456 e. The molecule has 0 unspecified atom stereocenters. The summed E-state index contributed by atoms with van der Waals surface area (Å²) in [6, 6.07) is 53.6. The Morgan fingerprint density at radius 1 is 0.562 bits per heavy atom. The third-order valence-electron chi connectivity index (χ3n) is 15.3. The second-order valence-electron chi connectivity index (χ2n) is 21.3. The Labute approximate surface area is 377 Å². The average molecular weight is 843 g/mol. The van der Waals surface area contributed by atoms with E-state index in [1.54, 1.807) is 0 Å². The van der Waals surface area contributed by atoms with Crippen LogP contribution in [-0.2, 0) is 16.2 Å². The lowest BCUT2D eigenvalue weighted by Crippen LogP contribution is -2.60. The van der Waals surface area contributed by atoms with Crippen molar-refractivity contribution in [2.75, 3.05) is 4.81 Å². The van der Waals surface area contributed by atoms with Gasteiger partial charge in [0.25, 0.3) is 0 Å². The van der Waals surface area contributed by atoms with Crippen LogP contribution in [0.3, 0.4) is 0 Å². The van der Waals surface area contributed by atoms with Gasteiger partial charge in [0.15, 0.2) is 0 Å². The monoisotopic (exact) mass is 842 g/mol. The summed E-state index contributed by atoms with van der Waals surface area (Å²) < 4.78 is 12.1. The number of fused-ring (bicyclic) bond motifs is 19. The highest BCUT2D eigenvalue weighted by Gasteiger charge is 2.48. The molecule has 0 N–H and O–H groups in total. The Bertz CT molecular complexity index is 3900. The van der Waals surface area contributed by atoms with Crippen molar-refractivity contribution in [1.29, 1.82) is 0 Å². The third-order valence-corrected chi connectivity index (χ3v) is 16.5. The molecule has 0 atom stereocenters. The van der Waals surface area contributed by atoms with Gasteiger partial charge in [-0.1, -0.05) is 140 Å². The molecule has 3 aliphatic rings. The van der Waals surface area contributed by atoms with Crippen molar-refractivity contribution in [1.82, 2.24) is 4.57 Å². The highest BCUT2D eigenvalue weighted by atomic mass is 32.1. The Morgan fingerprint density at radius 3 is 2.08 bits per heavy atom. The molecule has 3 aromatic heterocycles. The summed E-state index contributed by atoms with van der Waals surface area (Å²) >= 11 is 1.96. The van der Waals surface area contributed by atoms with Gasteiger partial charge in [0, 0.05) is 75.8 Å². The Balaban J connectivity index is 1.23. The fourth-order valence-electron chi connectivity index (χ4n) is 12.1. The largest absolute Gasteiger partial charge is 0.456 e. The molecular formula is C59H47BN2OS. The molecule has 0 saturated heterocycles. The van der Waals surface area contributed by atoms with E-state index >= 15 is 0 Å². The molecule has 0 radical (unpaired) electrons. The van der Waals surface area contributed by atoms with Gasteiger partial charge in [-0.25, -0.2) is 0 Å². The highest BCUT2D eigenvalue weighted by molar-refractivity contribution is 7.27. The summed E-state index contributed by atoms with van der Waals surface area (Å²) in [6.45, 7) is 18.6. The van der Waals surface area contributed by atoms with Crippen LogP contribution >= 0.6 is 11.3 Å². The van der Waals surface area contributed by atoms with Crippen LogP contribution in [0.5, 0.6) is 0 Å². The van der Waals surface area contributed by atoms with Gasteiger partial charge in [-0.05, 0) is 109 Å². The second kappa shape index (κ2) is 12.0. The van der Waals surface area contributed by atoms with Crippen LogP contribution in [0.4, 0.5) is 11.4 Å². The molecule has 8 aromatic carbocycles. The third kappa shape index (κ3) is 4.58. The van der Waals surface area contributed by atoms with E-state index in [0.717, 1.165) is 21.9 Å². The molecule has 0 amide bonds. The molecule has 2 aliphatic heterocycles. The van der Waals surface area contributed by atoms with Crippen molar-refractivity contribution >= 4 is 104 Å². The number of aromatic nitrogens is 1. The second-order valence-corrected chi connectivity index (χ2v) is 22.3. The summed E-state index contributed by atoms with van der Waals surface area (Å²) in [5.41, 5.74) is 21.4. The van der Waals surface area contributed by atoms with Crippen molar-refractivity contribution in [2.45, 2.75) is 71.6 Å². The summed E-state index contributed by atoms with van der Waals surface area (Å²) in [6.07, 6.45) is 0. The van der Waals surface area contributed by atoms with Gasteiger partial charge < -0.3 is 13.8 Å². The van der Waals surface area contributed by atoms with E-state index in [0.29, 0.717) is 0 Å². The van der Waals surface area contributed by atoms with Crippen molar-refractivity contribution in [3.8, 4) is 27.9 Å².